The maximum Gasteiger partial charge on any atom is 0.259 e. The van der Waals surface area contributed by atoms with Gasteiger partial charge in [-0.05, 0) is 41.5 Å². The predicted octanol–water partition coefficient (Wildman–Crippen LogP) is 6.72. The highest BCUT2D eigenvalue weighted by atomic mass is 19.1. The molecule has 0 bridgehead atoms. The molecule has 1 aromatic heterocycles. The third-order valence-corrected chi connectivity index (χ3v) is 6.17. The minimum atomic E-state index is -0.426. The van der Waals surface area contributed by atoms with Gasteiger partial charge in [0.2, 0.25) is 0 Å². The van der Waals surface area contributed by atoms with Crippen molar-refractivity contribution in [3.63, 3.8) is 0 Å². The first-order valence-electron chi connectivity index (χ1n) is 10.6. The number of hydrogen-bond acceptors (Lipinski definition) is 1. The second-order valence-corrected chi connectivity index (χ2v) is 7.98. The summed E-state index contributed by atoms with van der Waals surface area (Å²) in [7, 11) is 0. The van der Waals surface area contributed by atoms with Crippen LogP contribution in [-0.4, -0.2) is 10.9 Å². The number of H-pyrrole nitrogens is 1. The molecule has 2 heterocycles. The van der Waals surface area contributed by atoms with Crippen molar-refractivity contribution in [1.29, 1.82) is 0 Å². The summed E-state index contributed by atoms with van der Waals surface area (Å²) in [6, 6.07) is 29.7. The second kappa shape index (κ2) is 7.20. The highest BCUT2D eigenvalue weighted by Gasteiger charge is 2.37. The van der Waals surface area contributed by atoms with Crippen molar-refractivity contribution in [3.8, 4) is 11.1 Å². The number of carbonyl (C=O) groups excluding carboxylic acids is 1. The van der Waals surface area contributed by atoms with Crippen LogP contribution in [0.3, 0.4) is 0 Å². The SMILES string of the molecule is O=C(c1cccc(F)c1)N1c2ccccc2-c2ccccc2C1c1c[nH]c2ccccc12. The first-order chi connectivity index (χ1) is 15.7. The Bertz CT molecular complexity index is 1490. The van der Waals surface area contributed by atoms with Crippen LogP contribution in [0.2, 0.25) is 0 Å². The van der Waals surface area contributed by atoms with E-state index in [1.54, 1.807) is 12.1 Å². The van der Waals surface area contributed by atoms with Gasteiger partial charge < -0.3 is 4.98 Å². The number of rotatable bonds is 2. The van der Waals surface area contributed by atoms with Gasteiger partial charge in [-0.2, -0.15) is 0 Å². The first-order valence-corrected chi connectivity index (χ1v) is 10.6. The number of nitrogens with zero attached hydrogens (tertiary/aromatic N) is 1. The third kappa shape index (κ3) is 2.77. The molecule has 1 atom stereocenters. The first kappa shape index (κ1) is 18.6. The van der Waals surface area contributed by atoms with Gasteiger partial charge in [0.25, 0.3) is 5.91 Å². The van der Waals surface area contributed by atoms with Crippen LogP contribution in [0.1, 0.15) is 27.5 Å². The molecule has 154 valence electrons. The van der Waals surface area contributed by atoms with Gasteiger partial charge in [-0.3, -0.25) is 9.69 Å². The molecule has 4 heteroatoms. The van der Waals surface area contributed by atoms with Crippen molar-refractivity contribution in [2.75, 3.05) is 4.90 Å². The normalized spacial score (nSPS) is 14.8. The molecule has 0 spiro atoms. The Morgan fingerprint density at radius 3 is 2.41 bits per heavy atom. The molecule has 4 aromatic carbocycles. The van der Waals surface area contributed by atoms with Gasteiger partial charge in [0.1, 0.15) is 5.82 Å². The Balaban J connectivity index is 1.65. The van der Waals surface area contributed by atoms with Crippen LogP contribution in [0.25, 0.3) is 22.0 Å². The Kier molecular flexibility index (Phi) is 4.18. The largest absolute Gasteiger partial charge is 0.361 e. The molecule has 32 heavy (non-hydrogen) atoms. The van der Waals surface area contributed by atoms with E-state index in [2.05, 4.69) is 23.2 Å². The third-order valence-electron chi connectivity index (χ3n) is 6.17. The predicted molar refractivity (Wildman–Crippen MR) is 125 cm³/mol. The Labute approximate surface area is 184 Å². The molecule has 1 unspecified atom stereocenters. The fraction of sp³-hybridized carbons (Fsp3) is 0.0357. The zero-order valence-electron chi connectivity index (χ0n) is 17.1. The minimum absolute atomic E-state index is 0.235. The highest BCUT2D eigenvalue weighted by molar-refractivity contribution is 6.11. The molecule has 6 rings (SSSR count). The number of para-hydroxylation sites is 2. The molecule has 1 N–H and O–H groups in total. The molecule has 5 aromatic rings. The van der Waals surface area contributed by atoms with Crippen LogP contribution < -0.4 is 4.90 Å². The summed E-state index contributed by atoms with van der Waals surface area (Å²) in [5.41, 5.74) is 6.29. The monoisotopic (exact) mass is 418 g/mol. The average molecular weight is 418 g/mol. The van der Waals surface area contributed by atoms with Gasteiger partial charge >= 0.3 is 0 Å². The number of fused-ring (bicyclic) bond motifs is 4. The van der Waals surface area contributed by atoms with E-state index < -0.39 is 5.82 Å². The lowest BCUT2D eigenvalue weighted by Crippen LogP contribution is -2.38. The van der Waals surface area contributed by atoms with E-state index in [4.69, 9.17) is 0 Å². The van der Waals surface area contributed by atoms with Gasteiger partial charge in [-0.15, -0.1) is 0 Å². The van der Waals surface area contributed by atoms with E-state index in [0.717, 1.165) is 38.8 Å². The van der Waals surface area contributed by atoms with E-state index in [0.29, 0.717) is 5.56 Å². The topological polar surface area (TPSA) is 36.1 Å². The molecule has 0 radical (unpaired) electrons. The Morgan fingerprint density at radius 1 is 0.781 bits per heavy atom. The van der Waals surface area contributed by atoms with Crippen LogP contribution in [0.5, 0.6) is 0 Å². The fourth-order valence-electron chi connectivity index (χ4n) is 4.78. The Hall–Kier alpha value is -4.18. The molecule has 0 aliphatic carbocycles. The van der Waals surface area contributed by atoms with Gasteiger partial charge in [0.15, 0.2) is 0 Å². The van der Waals surface area contributed by atoms with Crippen LogP contribution in [-0.2, 0) is 0 Å². The summed E-state index contributed by atoms with van der Waals surface area (Å²) in [4.78, 5) is 19.1. The number of benzene rings is 4. The van der Waals surface area contributed by atoms with Crippen molar-refractivity contribution < 1.29 is 9.18 Å². The summed E-state index contributed by atoms with van der Waals surface area (Å²) in [5, 5.41) is 1.06. The van der Waals surface area contributed by atoms with Crippen LogP contribution in [0.15, 0.2) is 103 Å². The van der Waals surface area contributed by atoms with Crippen LogP contribution >= 0.6 is 0 Å². The molecule has 3 nitrogen and oxygen atoms in total. The summed E-state index contributed by atoms with van der Waals surface area (Å²) in [5.74, 6) is -0.660. The number of halogens is 1. The van der Waals surface area contributed by atoms with E-state index in [1.165, 1.54) is 12.1 Å². The molecular weight excluding hydrogens is 399 g/mol. The second-order valence-electron chi connectivity index (χ2n) is 7.98. The fourth-order valence-corrected chi connectivity index (χ4v) is 4.78. The van der Waals surface area contributed by atoms with Gasteiger partial charge in [-0.1, -0.05) is 66.7 Å². The van der Waals surface area contributed by atoms with E-state index >= 15 is 0 Å². The van der Waals surface area contributed by atoms with Gasteiger partial charge in [0, 0.05) is 33.8 Å². The Morgan fingerprint density at radius 2 is 1.53 bits per heavy atom. The zero-order valence-corrected chi connectivity index (χ0v) is 17.1. The number of aromatic nitrogens is 1. The number of amides is 1. The van der Waals surface area contributed by atoms with Crippen LogP contribution in [0.4, 0.5) is 10.1 Å². The average Bonchev–Trinajstić information content (AvgIpc) is 3.26. The molecule has 1 aliphatic heterocycles. The minimum Gasteiger partial charge on any atom is -0.361 e. The van der Waals surface area contributed by atoms with Gasteiger partial charge in [0.05, 0.1) is 11.7 Å². The number of hydrogen-bond donors (Lipinski definition) is 1. The zero-order chi connectivity index (χ0) is 21.7. The number of aromatic amines is 1. The lowest BCUT2D eigenvalue weighted by Gasteiger charge is -2.39. The quantitative estimate of drug-likeness (QED) is 0.339. The molecule has 1 amide bonds. The molecule has 0 saturated heterocycles. The van der Waals surface area contributed by atoms with E-state index in [-0.39, 0.29) is 11.9 Å². The van der Waals surface area contributed by atoms with Crippen molar-refractivity contribution in [2.24, 2.45) is 0 Å². The van der Waals surface area contributed by atoms with Crippen molar-refractivity contribution in [3.05, 3.63) is 126 Å². The molecule has 1 aliphatic rings. The van der Waals surface area contributed by atoms with E-state index in [1.807, 2.05) is 65.7 Å². The molecule has 0 fully saturated rings. The van der Waals surface area contributed by atoms with E-state index in [9.17, 15) is 9.18 Å². The maximum absolute atomic E-state index is 14.0. The summed E-state index contributed by atoms with van der Waals surface area (Å²) in [6.07, 6.45) is 1.98. The van der Waals surface area contributed by atoms with Crippen molar-refractivity contribution in [2.45, 2.75) is 6.04 Å². The van der Waals surface area contributed by atoms with Gasteiger partial charge in [-0.25, -0.2) is 4.39 Å². The van der Waals surface area contributed by atoms with Crippen molar-refractivity contribution in [1.82, 2.24) is 4.98 Å². The number of anilines is 1. The lowest BCUT2D eigenvalue weighted by atomic mass is 9.84. The lowest BCUT2D eigenvalue weighted by molar-refractivity contribution is 0.0979. The van der Waals surface area contributed by atoms with Crippen molar-refractivity contribution >= 4 is 22.5 Å². The standard InChI is InChI=1S/C28H19FN2O/c29-19-9-7-8-18(16-19)28(32)31-26-15-6-4-12-22(26)20-10-1-2-13-23(20)27(31)24-17-30-25-14-5-3-11-21(24)25/h1-17,27,30H. The maximum atomic E-state index is 14.0. The summed E-state index contributed by atoms with van der Waals surface area (Å²) < 4.78 is 14.0. The summed E-state index contributed by atoms with van der Waals surface area (Å²) in [6.45, 7) is 0. The van der Waals surface area contributed by atoms with Crippen LogP contribution in [0, 0.1) is 5.82 Å². The number of carbonyl (C=O) groups is 1. The highest BCUT2D eigenvalue weighted by Crippen LogP contribution is 2.48. The smallest absolute Gasteiger partial charge is 0.259 e. The molecular formula is C28H19FN2O. The summed E-state index contributed by atoms with van der Waals surface area (Å²) >= 11 is 0. The number of nitrogens with one attached hydrogen (secondary N) is 1. The molecule has 0 saturated carbocycles.